The Labute approximate surface area is 265 Å². The average molecular weight is 631 g/mol. The summed E-state index contributed by atoms with van der Waals surface area (Å²) in [6, 6.07) is 1.05. The molecule has 0 aromatic heterocycles. The Balaban J connectivity index is 0.000000351. The fourth-order valence-corrected chi connectivity index (χ4v) is 4.86. The molecular weight excluding hydrogens is 568 g/mol. The summed E-state index contributed by atoms with van der Waals surface area (Å²) in [4.78, 5) is 42.9. The zero-order valence-electron chi connectivity index (χ0n) is 29.1. The molecule has 3 heterocycles. The first-order valence-electron chi connectivity index (χ1n) is 16.1. The summed E-state index contributed by atoms with van der Waals surface area (Å²) in [5, 5.41) is 15.3. The first-order valence-corrected chi connectivity index (χ1v) is 16.1. The van der Waals surface area contributed by atoms with Crippen LogP contribution >= 0.6 is 0 Å². The Morgan fingerprint density at radius 1 is 0.795 bits per heavy atom. The van der Waals surface area contributed by atoms with Crippen molar-refractivity contribution in [1.29, 1.82) is 0 Å². The van der Waals surface area contributed by atoms with Gasteiger partial charge in [-0.1, -0.05) is 0 Å². The van der Waals surface area contributed by atoms with E-state index in [-0.39, 0.29) is 37.3 Å². The van der Waals surface area contributed by atoms with Crippen molar-refractivity contribution in [2.75, 3.05) is 85.2 Å². The first-order chi connectivity index (χ1) is 20.5. The van der Waals surface area contributed by atoms with Crippen molar-refractivity contribution in [2.45, 2.75) is 98.6 Å². The lowest BCUT2D eigenvalue weighted by molar-refractivity contribution is -0.145. The molecule has 2 amide bonds. The molecule has 3 aliphatic rings. The minimum Gasteiger partial charge on any atom is -0.465 e. The highest BCUT2D eigenvalue weighted by molar-refractivity contribution is 5.72. The van der Waals surface area contributed by atoms with Crippen molar-refractivity contribution in [3.8, 4) is 0 Å². The second-order valence-electron chi connectivity index (χ2n) is 13.6. The Morgan fingerprint density at radius 3 is 1.86 bits per heavy atom. The number of nitrogens with one attached hydrogen (secondary N) is 2. The number of nitrogens with zero attached hydrogens (tertiary/aromatic N) is 4. The maximum Gasteiger partial charge on any atom is 0.410 e. The van der Waals surface area contributed by atoms with Crippen LogP contribution in [0.25, 0.3) is 0 Å². The van der Waals surface area contributed by atoms with Gasteiger partial charge in [-0.05, 0) is 69.2 Å². The van der Waals surface area contributed by atoms with Gasteiger partial charge in [0.1, 0.15) is 11.2 Å². The minimum absolute atomic E-state index is 0.112. The van der Waals surface area contributed by atoms with Gasteiger partial charge >= 0.3 is 18.2 Å². The lowest BCUT2D eigenvalue weighted by Crippen LogP contribution is -2.55. The Hall–Kier alpha value is -2.19. The zero-order chi connectivity index (χ0) is 33.5. The minimum atomic E-state index is -0.484. The number of carbonyl (C=O) groups is 3. The molecule has 3 atom stereocenters. The van der Waals surface area contributed by atoms with E-state index < -0.39 is 11.2 Å². The van der Waals surface area contributed by atoms with Gasteiger partial charge in [0.25, 0.3) is 0 Å². The molecule has 0 aliphatic carbocycles. The van der Waals surface area contributed by atoms with Gasteiger partial charge in [0.15, 0.2) is 0 Å². The van der Waals surface area contributed by atoms with Gasteiger partial charge in [-0.2, -0.15) is 0 Å². The molecule has 3 saturated heterocycles. The third kappa shape index (κ3) is 16.8. The Bertz CT molecular complexity index is 861. The molecule has 3 aliphatic heterocycles. The molecule has 44 heavy (non-hydrogen) atoms. The fourth-order valence-electron chi connectivity index (χ4n) is 4.86. The lowest BCUT2D eigenvalue weighted by Gasteiger charge is -2.39. The third-order valence-corrected chi connectivity index (χ3v) is 7.10. The molecular formula is C31H62N6O7. The number of aliphatic hydroxyl groups is 1. The average Bonchev–Trinajstić information content (AvgIpc) is 2.90. The zero-order valence-corrected chi connectivity index (χ0v) is 29.1. The highest BCUT2D eigenvalue weighted by Crippen LogP contribution is 2.15. The number of aliphatic hydroxyl groups excluding tert-OH is 1. The second-order valence-corrected chi connectivity index (χ2v) is 13.6. The standard InChI is InChI=1S/C14H26N2O4.C10H20N2O2.C7H16N2O/c1-6-19-12(17)10-15-7-8-16(9-11(15)2)13(18)20-14(3,4)5;1-8-7-12(6-5-11-8)9(13)14-10(2,3)4;1-7-6-8-2-3-9(7)4-5-10/h11H,6-10H2,1-5H3;8,11H,5-7H2,1-4H3;7-8,10H,2-6H2,1H3/t11-;8-;7-/m000/s1. The van der Waals surface area contributed by atoms with E-state index in [0.29, 0.717) is 38.3 Å². The maximum absolute atomic E-state index is 12.0. The molecule has 0 aromatic rings. The van der Waals surface area contributed by atoms with Gasteiger partial charge in [-0.25, -0.2) is 9.59 Å². The van der Waals surface area contributed by atoms with Crippen molar-refractivity contribution < 1.29 is 33.7 Å². The van der Waals surface area contributed by atoms with Crippen LogP contribution in [0, 0.1) is 0 Å². The molecule has 0 unspecified atom stereocenters. The number of amides is 2. The Kier molecular flexibility index (Phi) is 17.5. The number of esters is 1. The first kappa shape index (κ1) is 39.8. The molecule has 3 fully saturated rings. The molecule has 3 N–H and O–H groups in total. The van der Waals surface area contributed by atoms with Crippen molar-refractivity contribution in [2.24, 2.45) is 0 Å². The number of ether oxygens (including phenoxy) is 3. The van der Waals surface area contributed by atoms with Crippen LogP contribution in [0.3, 0.4) is 0 Å². The number of piperazine rings is 3. The molecule has 0 aromatic carbocycles. The molecule has 0 bridgehead atoms. The summed E-state index contributed by atoms with van der Waals surface area (Å²) in [6.45, 7) is 28.3. The molecule has 258 valence electrons. The monoisotopic (exact) mass is 630 g/mol. The van der Waals surface area contributed by atoms with E-state index in [4.69, 9.17) is 19.3 Å². The van der Waals surface area contributed by atoms with Crippen LogP contribution in [0.2, 0.25) is 0 Å². The summed E-state index contributed by atoms with van der Waals surface area (Å²) in [5.41, 5.74) is -0.881. The summed E-state index contributed by atoms with van der Waals surface area (Å²) in [5.74, 6) is -0.218. The highest BCUT2D eigenvalue weighted by atomic mass is 16.6. The van der Waals surface area contributed by atoms with Gasteiger partial charge in [-0.15, -0.1) is 0 Å². The van der Waals surface area contributed by atoms with Crippen molar-refractivity contribution in [3.63, 3.8) is 0 Å². The van der Waals surface area contributed by atoms with E-state index in [0.717, 1.165) is 45.8 Å². The molecule has 3 rings (SSSR count). The quantitative estimate of drug-likeness (QED) is 0.304. The third-order valence-electron chi connectivity index (χ3n) is 7.10. The van der Waals surface area contributed by atoms with Gasteiger partial charge in [-0.3, -0.25) is 14.6 Å². The topological polar surface area (TPSA) is 136 Å². The summed E-state index contributed by atoms with van der Waals surface area (Å²) >= 11 is 0. The number of β-amino-alcohol motifs (C(OH)–C–C–N with tert-alkyl or cyclic N) is 1. The predicted octanol–water partition coefficient (Wildman–Crippen LogP) is 1.98. The highest BCUT2D eigenvalue weighted by Gasteiger charge is 2.31. The number of hydrogen-bond acceptors (Lipinski definition) is 11. The van der Waals surface area contributed by atoms with Gasteiger partial charge < -0.3 is 39.8 Å². The Morgan fingerprint density at radius 2 is 1.39 bits per heavy atom. The largest absolute Gasteiger partial charge is 0.465 e. The van der Waals surface area contributed by atoms with Crippen LogP contribution in [0.1, 0.15) is 69.2 Å². The van der Waals surface area contributed by atoms with Gasteiger partial charge in [0.2, 0.25) is 0 Å². The van der Waals surface area contributed by atoms with Gasteiger partial charge in [0.05, 0.1) is 19.8 Å². The molecule has 0 saturated carbocycles. The van der Waals surface area contributed by atoms with Crippen LogP contribution in [0.15, 0.2) is 0 Å². The second kappa shape index (κ2) is 19.4. The smallest absolute Gasteiger partial charge is 0.410 e. The van der Waals surface area contributed by atoms with E-state index >= 15 is 0 Å². The van der Waals surface area contributed by atoms with E-state index in [9.17, 15) is 14.4 Å². The lowest BCUT2D eigenvalue weighted by atomic mass is 10.2. The molecule has 0 spiro atoms. The van der Waals surface area contributed by atoms with Crippen LogP contribution in [0.5, 0.6) is 0 Å². The number of hydrogen-bond donors (Lipinski definition) is 3. The van der Waals surface area contributed by atoms with E-state index in [1.54, 1.807) is 16.7 Å². The summed E-state index contributed by atoms with van der Waals surface area (Å²) < 4.78 is 15.6. The van der Waals surface area contributed by atoms with Crippen molar-refractivity contribution in [1.82, 2.24) is 30.2 Å². The van der Waals surface area contributed by atoms with Gasteiger partial charge in [0, 0.05) is 83.6 Å². The van der Waals surface area contributed by atoms with Crippen molar-refractivity contribution >= 4 is 18.2 Å². The van der Waals surface area contributed by atoms with E-state index in [1.807, 2.05) is 53.4 Å². The van der Waals surface area contributed by atoms with E-state index in [1.165, 1.54) is 0 Å². The predicted molar refractivity (Wildman–Crippen MR) is 172 cm³/mol. The molecule has 0 radical (unpaired) electrons. The fraction of sp³-hybridized carbons (Fsp3) is 0.903. The molecule has 13 nitrogen and oxygen atoms in total. The molecule has 13 heteroatoms. The van der Waals surface area contributed by atoms with Crippen LogP contribution in [0.4, 0.5) is 9.59 Å². The number of carbonyl (C=O) groups excluding carboxylic acids is 3. The van der Waals surface area contributed by atoms with Crippen LogP contribution in [-0.2, 0) is 19.0 Å². The SMILES string of the molecule is CCOC(=O)CN1CCN(C(=O)OC(C)(C)C)C[C@@H]1C.C[C@H]1CN(C(=O)OC(C)(C)C)CCN1.C[C@H]1CNCCN1CCO. The summed E-state index contributed by atoms with van der Waals surface area (Å²) in [7, 11) is 0. The van der Waals surface area contributed by atoms with Crippen LogP contribution in [-0.4, -0.2) is 157 Å². The normalized spacial score (nSPS) is 23.4. The summed E-state index contributed by atoms with van der Waals surface area (Å²) in [6.07, 6.45) is -0.494. The van der Waals surface area contributed by atoms with Crippen molar-refractivity contribution in [3.05, 3.63) is 0 Å². The van der Waals surface area contributed by atoms with Crippen LogP contribution < -0.4 is 10.6 Å². The maximum atomic E-state index is 12.0. The number of rotatable bonds is 5. The van der Waals surface area contributed by atoms with E-state index in [2.05, 4.69) is 29.4 Å².